The van der Waals surface area contributed by atoms with E-state index in [0.717, 1.165) is 13.3 Å². The summed E-state index contributed by atoms with van der Waals surface area (Å²) in [4.78, 5) is 9.00. The van der Waals surface area contributed by atoms with Gasteiger partial charge in [-0.3, -0.25) is 4.79 Å². The minimum absolute atomic E-state index is 0. The van der Waals surface area contributed by atoms with Crippen LogP contribution in [0.25, 0.3) is 0 Å². The molecule has 0 bridgehead atoms. The van der Waals surface area contributed by atoms with Crippen molar-refractivity contribution in [2.45, 2.75) is 20.3 Å². The maximum Gasteiger partial charge on any atom is 3.00 e. The maximum absolute atomic E-state index is 9.00. The molecule has 0 unspecified atom stereocenters. The molecular formula is C22H23FeO2. The van der Waals surface area contributed by atoms with Crippen molar-refractivity contribution in [3.8, 4) is 0 Å². The van der Waals surface area contributed by atoms with Crippen LogP contribution < -0.4 is 0 Å². The van der Waals surface area contributed by atoms with E-state index in [9.17, 15) is 0 Å². The Balaban J connectivity index is 0. The van der Waals surface area contributed by atoms with Crippen molar-refractivity contribution in [1.82, 2.24) is 0 Å². The molecule has 3 rings (SSSR count). The summed E-state index contributed by atoms with van der Waals surface area (Å²) >= 11 is 0. The Bertz CT molecular complexity index is 510. The molecule has 1 radical (unpaired) electrons. The van der Waals surface area contributed by atoms with Gasteiger partial charge >= 0.3 is 17.1 Å². The van der Waals surface area contributed by atoms with Crippen molar-refractivity contribution in [2.75, 3.05) is 0 Å². The first-order valence-corrected chi connectivity index (χ1v) is 7.64. The van der Waals surface area contributed by atoms with Gasteiger partial charge in [-0.15, -0.1) is 0 Å². The smallest absolute Gasteiger partial charge is 0.481 e. The predicted molar refractivity (Wildman–Crippen MR) is 98.5 cm³/mol. The molecule has 0 amide bonds. The second-order valence-electron chi connectivity index (χ2n) is 4.42. The number of rotatable bonds is 1. The van der Waals surface area contributed by atoms with Crippen LogP contribution in [0.3, 0.4) is 0 Å². The number of benzene rings is 3. The van der Waals surface area contributed by atoms with Crippen LogP contribution in [0.5, 0.6) is 0 Å². The molecule has 1 N–H and O–H groups in total. The number of aliphatic carboxylic acids is 1. The molecule has 0 saturated heterocycles. The van der Waals surface area contributed by atoms with Crippen LogP contribution in [0.4, 0.5) is 0 Å². The Labute approximate surface area is 162 Å². The van der Waals surface area contributed by atoms with Gasteiger partial charge in [-0.1, -0.05) is 13.3 Å². The van der Waals surface area contributed by atoms with Gasteiger partial charge in [-0.05, 0) is 0 Å². The fourth-order valence-corrected chi connectivity index (χ4v) is 1.33. The normalized spacial score (nSPS) is 7.76. The average Bonchev–Trinajstić information content (AvgIpc) is 2.66. The van der Waals surface area contributed by atoms with E-state index in [2.05, 4.69) is 31.2 Å². The number of carboxylic acids is 1. The molecule has 131 valence electrons. The summed E-state index contributed by atoms with van der Waals surface area (Å²) in [5.74, 6) is -0.833. The van der Waals surface area contributed by atoms with Crippen LogP contribution in [-0.2, 0) is 28.3 Å². The summed E-state index contributed by atoms with van der Waals surface area (Å²) in [6.07, 6.45) is 1.08. The molecule has 3 heteroatoms. The molecule has 0 spiro atoms. The van der Waals surface area contributed by atoms with Gasteiger partial charge in [-0.2, -0.15) is 109 Å². The van der Waals surface area contributed by atoms with E-state index in [1.54, 1.807) is 0 Å². The molecule has 0 atom stereocenters. The summed E-state index contributed by atoms with van der Waals surface area (Å²) in [7, 11) is 0. The molecule has 0 aromatic heterocycles. The van der Waals surface area contributed by atoms with Crippen molar-refractivity contribution >= 4 is 5.97 Å². The largest absolute Gasteiger partial charge is 3.00 e. The van der Waals surface area contributed by atoms with Crippen LogP contribution in [0.15, 0.2) is 84.9 Å². The van der Waals surface area contributed by atoms with Gasteiger partial charge in [0.15, 0.2) is 0 Å². The molecule has 3 aromatic rings. The standard InChI is InChI=1S/C8H9.2C6H5.C2H4O2.Fe/c1-2-8-6-4-3-5-7-8;2*1-2-4-6-5-3-1;1-2(3)4;/h3-6H,2H2,1H3;2*1-5H;1H3,(H,3,4);/q3*-1;;+3. The molecular weight excluding hydrogens is 352 g/mol. The molecule has 25 heavy (non-hydrogen) atoms. The topological polar surface area (TPSA) is 37.3 Å². The predicted octanol–water partition coefficient (Wildman–Crippen LogP) is 5.11. The first kappa shape index (κ1) is 24.9. The van der Waals surface area contributed by atoms with Crippen LogP contribution in [-0.4, -0.2) is 11.1 Å². The van der Waals surface area contributed by atoms with Gasteiger partial charge in [0.2, 0.25) is 0 Å². The number of aryl methyl sites for hydroxylation is 1. The first-order chi connectivity index (χ1) is 11.7. The van der Waals surface area contributed by atoms with Crippen LogP contribution in [0, 0.1) is 18.2 Å². The zero-order chi connectivity index (χ0) is 17.9. The van der Waals surface area contributed by atoms with E-state index in [1.807, 2.05) is 78.9 Å². The Kier molecular flexibility index (Phi) is 19.6. The summed E-state index contributed by atoms with van der Waals surface area (Å²) < 4.78 is 0. The SMILES string of the molecule is CC(=O)O.CCc1[c-]cccc1.[Fe+3].[c-]1ccccc1.[c-]1ccccc1. The van der Waals surface area contributed by atoms with Crippen molar-refractivity contribution in [3.05, 3.63) is 109 Å². The Morgan fingerprint density at radius 1 is 0.840 bits per heavy atom. The fourth-order valence-electron chi connectivity index (χ4n) is 1.33. The Morgan fingerprint density at radius 3 is 1.40 bits per heavy atom. The molecule has 0 aliphatic carbocycles. The van der Waals surface area contributed by atoms with Crippen LogP contribution in [0.1, 0.15) is 19.4 Å². The Hall–Kier alpha value is -2.35. The van der Waals surface area contributed by atoms with E-state index >= 15 is 0 Å². The van der Waals surface area contributed by atoms with E-state index in [4.69, 9.17) is 9.90 Å². The van der Waals surface area contributed by atoms with Crippen molar-refractivity contribution in [1.29, 1.82) is 0 Å². The number of carbonyl (C=O) groups is 1. The molecule has 0 fully saturated rings. The number of hydrogen-bond donors (Lipinski definition) is 1. The van der Waals surface area contributed by atoms with Gasteiger partial charge < -0.3 is 5.11 Å². The second kappa shape index (κ2) is 19.7. The first-order valence-electron chi connectivity index (χ1n) is 7.64. The molecule has 0 aliphatic heterocycles. The fraction of sp³-hybridized carbons (Fsp3) is 0.136. The minimum Gasteiger partial charge on any atom is -0.481 e. The third kappa shape index (κ3) is 21.6. The van der Waals surface area contributed by atoms with Crippen LogP contribution >= 0.6 is 0 Å². The van der Waals surface area contributed by atoms with Crippen LogP contribution in [0.2, 0.25) is 0 Å². The minimum atomic E-state index is -0.833. The maximum atomic E-state index is 9.00. The monoisotopic (exact) mass is 375 g/mol. The van der Waals surface area contributed by atoms with Gasteiger partial charge in [0.25, 0.3) is 5.97 Å². The van der Waals surface area contributed by atoms with Crippen molar-refractivity contribution in [3.63, 3.8) is 0 Å². The van der Waals surface area contributed by atoms with Gasteiger partial charge in [-0.25, -0.2) is 0 Å². The summed E-state index contributed by atoms with van der Waals surface area (Å²) in [6.45, 7) is 3.21. The summed E-state index contributed by atoms with van der Waals surface area (Å²) in [6, 6.07) is 36.2. The number of hydrogen-bond acceptors (Lipinski definition) is 1. The Morgan fingerprint density at radius 2 is 1.24 bits per heavy atom. The zero-order valence-corrected chi connectivity index (χ0v) is 15.6. The molecule has 0 saturated carbocycles. The average molecular weight is 375 g/mol. The van der Waals surface area contributed by atoms with Gasteiger partial charge in [0, 0.05) is 6.92 Å². The quantitative estimate of drug-likeness (QED) is 0.474. The van der Waals surface area contributed by atoms with Crippen molar-refractivity contribution in [2.24, 2.45) is 0 Å². The third-order valence-corrected chi connectivity index (χ3v) is 2.37. The third-order valence-electron chi connectivity index (χ3n) is 2.37. The van der Waals surface area contributed by atoms with Gasteiger partial charge in [0.05, 0.1) is 0 Å². The van der Waals surface area contributed by atoms with E-state index < -0.39 is 5.97 Å². The van der Waals surface area contributed by atoms with Crippen molar-refractivity contribution < 1.29 is 27.0 Å². The van der Waals surface area contributed by atoms with E-state index in [1.165, 1.54) is 5.56 Å². The van der Waals surface area contributed by atoms with E-state index in [-0.39, 0.29) is 17.1 Å². The molecule has 3 aromatic carbocycles. The molecule has 2 nitrogen and oxygen atoms in total. The zero-order valence-electron chi connectivity index (χ0n) is 14.5. The van der Waals surface area contributed by atoms with Gasteiger partial charge in [0.1, 0.15) is 0 Å². The van der Waals surface area contributed by atoms with E-state index in [0.29, 0.717) is 0 Å². The summed E-state index contributed by atoms with van der Waals surface area (Å²) in [5.41, 5.74) is 1.28. The molecule has 0 aliphatic rings. The summed E-state index contributed by atoms with van der Waals surface area (Å²) in [5, 5.41) is 7.42. The second-order valence-corrected chi connectivity index (χ2v) is 4.42. The number of carboxylic acid groups (broad SMARTS) is 1. The molecule has 0 heterocycles.